The minimum absolute atomic E-state index is 0.0703. The summed E-state index contributed by atoms with van der Waals surface area (Å²) in [5.74, 6) is -0.380. The van der Waals surface area contributed by atoms with Crippen molar-refractivity contribution in [3.05, 3.63) is 56.4 Å². The maximum Gasteiger partial charge on any atom is 0.262 e. The standard InChI is InChI=1S/C16H16Cl2N2O4/c1-10-16(14(22)2-3-20(10)4-5-21)24-9-15(23)19-13-7-11(17)6-12(18)8-13/h2-3,6-8,21H,4-5,9H2,1H3,(H,19,23). The monoisotopic (exact) mass is 370 g/mol. The van der Waals surface area contributed by atoms with Gasteiger partial charge in [0, 0.05) is 34.5 Å². The van der Waals surface area contributed by atoms with Crippen LogP contribution in [0.15, 0.2) is 35.3 Å². The molecule has 0 spiro atoms. The first-order chi connectivity index (χ1) is 11.4. The molecule has 8 heteroatoms. The number of halogens is 2. The number of carbonyl (C=O) groups is 1. The van der Waals surface area contributed by atoms with E-state index in [4.69, 9.17) is 33.0 Å². The van der Waals surface area contributed by atoms with Crippen LogP contribution in [0.5, 0.6) is 5.75 Å². The van der Waals surface area contributed by atoms with Gasteiger partial charge in [0.15, 0.2) is 12.4 Å². The number of rotatable bonds is 6. The van der Waals surface area contributed by atoms with E-state index in [1.807, 2.05) is 0 Å². The first-order valence-electron chi connectivity index (χ1n) is 7.10. The summed E-state index contributed by atoms with van der Waals surface area (Å²) in [7, 11) is 0. The Hall–Kier alpha value is -2.02. The van der Waals surface area contributed by atoms with Crippen LogP contribution < -0.4 is 15.5 Å². The van der Waals surface area contributed by atoms with Crippen LogP contribution in [-0.4, -0.2) is 28.8 Å². The van der Waals surface area contributed by atoms with Crippen molar-refractivity contribution in [2.24, 2.45) is 0 Å². The molecule has 1 amide bonds. The van der Waals surface area contributed by atoms with Crippen molar-refractivity contribution >= 4 is 34.8 Å². The number of aliphatic hydroxyl groups is 1. The van der Waals surface area contributed by atoms with Crippen LogP contribution in [0.2, 0.25) is 10.0 Å². The van der Waals surface area contributed by atoms with Gasteiger partial charge < -0.3 is 19.7 Å². The second-order valence-electron chi connectivity index (χ2n) is 5.01. The third kappa shape index (κ3) is 4.74. The quantitative estimate of drug-likeness (QED) is 0.818. The molecule has 0 radical (unpaired) electrons. The van der Waals surface area contributed by atoms with Crippen LogP contribution in [-0.2, 0) is 11.3 Å². The number of aliphatic hydroxyl groups excluding tert-OH is 1. The number of anilines is 1. The van der Waals surface area contributed by atoms with Crippen molar-refractivity contribution in [2.75, 3.05) is 18.5 Å². The average Bonchev–Trinajstić information content (AvgIpc) is 2.49. The van der Waals surface area contributed by atoms with Gasteiger partial charge in [0.1, 0.15) is 0 Å². The van der Waals surface area contributed by atoms with E-state index in [9.17, 15) is 9.59 Å². The predicted octanol–water partition coefficient (Wildman–Crippen LogP) is 2.47. The van der Waals surface area contributed by atoms with Crippen LogP contribution in [0.4, 0.5) is 5.69 Å². The molecule has 2 N–H and O–H groups in total. The molecule has 0 aliphatic rings. The van der Waals surface area contributed by atoms with E-state index < -0.39 is 5.91 Å². The summed E-state index contributed by atoms with van der Waals surface area (Å²) >= 11 is 11.7. The fourth-order valence-electron chi connectivity index (χ4n) is 2.14. The van der Waals surface area contributed by atoms with E-state index in [1.165, 1.54) is 6.07 Å². The van der Waals surface area contributed by atoms with Gasteiger partial charge in [-0.1, -0.05) is 23.2 Å². The number of benzene rings is 1. The summed E-state index contributed by atoms with van der Waals surface area (Å²) in [5.41, 5.74) is 0.638. The van der Waals surface area contributed by atoms with E-state index in [0.717, 1.165) is 0 Å². The third-order valence-electron chi connectivity index (χ3n) is 3.22. The average molecular weight is 371 g/mol. The number of hydrogen-bond donors (Lipinski definition) is 2. The summed E-state index contributed by atoms with van der Waals surface area (Å²) in [4.78, 5) is 23.9. The van der Waals surface area contributed by atoms with Crippen LogP contribution in [0, 0.1) is 6.92 Å². The largest absolute Gasteiger partial charge is 0.478 e. The van der Waals surface area contributed by atoms with Gasteiger partial charge in [-0.15, -0.1) is 0 Å². The van der Waals surface area contributed by atoms with Gasteiger partial charge in [0.25, 0.3) is 5.91 Å². The summed E-state index contributed by atoms with van der Waals surface area (Å²) in [6.07, 6.45) is 1.56. The molecule has 0 fully saturated rings. The van der Waals surface area contributed by atoms with Crippen LogP contribution in [0.25, 0.3) is 0 Å². The first-order valence-corrected chi connectivity index (χ1v) is 7.86. The van der Waals surface area contributed by atoms with Gasteiger partial charge in [0.2, 0.25) is 5.43 Å². The van der Waals surface area contributed by atoms with Crippen molar-refractivity contribution in [3.63, 3.8) is 0 Å². The zero-order valence-electron chi connectivity index (χ0n) is 12.9. The lowest BCUT2D eigenvalue weighted by atomic mass is 10.3. The Labute approximate surface area is 148 Å². The van der Waals surface area contributed by atoms with Crippen LogP contribution in [0.1, 0.15) is 5.69 Å². The SMILES string of the molecule is Cc1c(OCC(=O)Nc2cc(Cl)cc(Cl)c2)c(=O)ccn1CCO. The Balaban J connectivity index is 2.06. The number of ether oxygens (including phenoxy) is 1. The molecule has 24 heavy (non-hydrogen) atoms. The van der Waals surface area contributed by atoms with Crippen molar-refractivity contribution in [1.82, 2.24) is 4.57 Å². The van der Waals surface area contributed by atoms with Crippen LogP contribution in [0.3, 0.4) is 0 Å². The number of hydrogen-bond acceptors (Lipinski definition) is 4. The Kier molecular flexibility index (Phi) is 6.25. The van der Waals surface area contributed by atoms with Crippen LogP contribution >= 0.6 is 23.2 Å². The number of aromatic nitrogens is 1. The molecule has 1 aromatic carbocycles. The second kappa shape index (κ2) is 8.19. The number of amides is 1. The molecular formula is C16H16Cl2N2O4. The summed E-state index contributed by atoms with van der Waals surface area (Å²) in [6, 6.07) is 5.97. The Morgan fingerprint density at radius 2 is 1.96 bits per heavy atom. The van der Waals surface area contributed by atoms with E-state index >= 15 is 0 Å². The fraction of sp³-hybridized carbons (Fsp3) is 0.250. The summed E-state index contributed by atoms with van der Waals surface area (Å²) < 4.78 is 7.03. The highest BCUT2D eigenvalue weighted by Gasteiger charge is 2.11. The molecule has 128 valence electrons. The lowest BCUT2D eigenvalue weighted by Crippen LogP contribution is -2.24. The highest BCUT2D eigenvalue weighted by molar-refractivity contribution is 6.35. The van der Waals surface area contributed by atoms with E-state index in [1.54, 1.807) is 35.9 Å². The summed E-state index contributed by atoms with van der Waals surface area (Å²) in [5, 5.41) is 12.4. The van der Waals surface area contributed by atoms with E-state index in [-0.39, 0.29) is 24.4 Å². The van der Waals surface area contributed by atoms with E-state index in [2.05, 4.69) is 5.32 Å². The molecule has 0 aliphatic carbocycles. The lowest BCUT2D eigenvalue weighted by molar-refractivity contribution is -0.118. The highest BCUT2D eigenvalue weighted by atomic mass is 35.5. The van der Waals surface area contributed by atoms with Crippen molar-refractivity contribution in [2.45, 2.75) is 13.5 Å². The Morgan fingerprint density at radius 1 is 1.29 bits per heavy atom. The molecular weight excluding hydrogens is 355 g/mol. The Morgan fingerprint density at radius 3 is 2.58 bits per heavy atom. The smallest absolute Gasteiger partial charge is 0.262 e. The van der Waals surface area contributed by atoms with Gasteiger partial charge in [-0.3, -0.25) is 9.59 Å². The van der Waals surface area contributed by atoms with Crippen molar-refractivity contribution in [3.8, 4) is 5.75 Å². The van der Waals surface area contributed by atoms with Gasteiger partial charge in [-0.2, -0.15) is 0 Å². The molecule has 0 atom stereocenters. The zero-order chi connectivity index (χ0) is 17.7. The molecule has 1 heterocycles. The first kappa shape index (κ1) is 18.3. The molecule has 0 saturated heterocycles. The van der Waals surface area contributed by atoms with Gasteiger partial charge >= 0.3 is 0 Å². The predicted molar refractivity (Wildman–Crippen MR) is 93.1 cm³/mol. The Bertz CT molecular complexity index is 785. The molecule has 0 bridgehead atoms. The molecule has 2 rings (SSSR count). The highest BCUT2D eigenvalue weighted by Crippen LogP contribution is 2.22. The minimum Gasteiger partial charge on any atom is -0.478 e. The number of nitrogens with zero attached hydrogens (tertiary/aromatic N) is 1. The normalized spacial score (nSPS) is 10.5. The third-order valence-corrected chi connectivity index (χ3v) is 3.66. The fourth-order valence-corrected chi connectivity index (χ4v) is 2.67. The van der Waals surface area contributed by atoms with E-state index in [0.29, 0.717) is 28.0 Å². The molecule has 1 aromatic heterocycles. The van der Waals surface area contributed by atoms with Crippen molar-refractivity contribution < 1.29 is 14.6 Å². The molecule has 6 nitrogen and oxygen atoms in total. The second-order valence-corrected chi connectivity index (χ2v) is 5.88. The van der Waals surface area contributed by atoms with Crippen molar-refractivity contribution in [1.29, 1.82) is 0 Å². The number of nitrogens with one attached hydrogen (secondary N) is 1. The molecule has 0 aliphatic heterocycles. The molecule has 0 unspecified atom stereocenters. The molecule has 2 aromatic rings. The maximum atomic E-state index is 12.0. The zero-order valence-corrected chi connectivity index (χ0v) is 14.4. The summed E-state index contributed by atoms with van der Waals surface area (Å²) in [6.45, 7) is 1.60. The maximum absolute atomic E-state index is 12.0. The number of carbonyl (C=O) groups excluding carboxylic acids is 1. The van der Waals surface area contributed by atoms with Gasteiger partial charge in [0.05, 0.1) is 12.3 Å². The minimum atomic E-state index is -0.454. The topological polar surface area (TPSA) is 80.6 Å². The number of pyridine rings is 1. The lowest BCUT2D eigenvalue weighted by Gasteiger charge is -2.14. The molecule has 0 saturated carbocycles. The van der Waals surface area contributed by atoms with Gasteiger partial charge in [-0.05, 0) is 25.1 Å². The van der Waals surface area contributed by atoms with Gasteiger partial charge in [-0.25, -0.2) is 0 Å².